The van der Waals surface area contributed by atoms with Crippen LogP contribution in [-0.2, 0) is 11.1 Å². The number of rotatable bonds is 4. The van der Waals surface area contributed by atoms with Crippen LogP contribution >= 0.6 is 7.60 Å². The molecule has 4 aromatic rings. The van der Waals surface area contributed by atoms with E-state index >= 15 is 0 Å². The quantitative estimate of drug-likeness (QED) is 0.543. The highest BCUT2D eigenvalue weighted by Gasteiger charge is 2.26. The van der Waals surface area contributed by atoms with Crippen LogP contribution < -0.4 is 5.44 Å². The highest BCUT2D eigenvalue weighted by Crippen LogP contribution is 2.37. The highest BCUT2D eigenvalue weighted by atomic mass is 31.2. The molecule has 0 amide bonds. The Balaban J connectivity index is 1.96. The van der Waals surface area contributed by atoms with E-state index in [0.717, 1.165) is 11.1 Å². The molecular formula is C19H16N3O3P. The molecule has 2 N–H and O–H groups in total. The van der Waals surface area contributed by atoms with Crippen molar-refractivity contribution in [1.82, 2.24) is 14.5 Å². The average Bonchev–Trinajstić information content (AvgIpc) is 3.02. The molecule has 0 radical (unpaired) electrons. The molecule has 2 aromatic carbocycles. The van der Waals surface area contributed by atoms with E-state index in [0.29, 0.717) is 23.3 Å². The first kappa shape index (κ1) is 16.7. The zero-order valence-electron chi connectivity index (χ0n) is 13.7. The summed E-state index contributed by atoms with van der Waals surface area (Å²) in [5.41, 5.74) is 2.89. The van der Waals surface area contributed by atoms with Crippen LogP contribution in [0.15, 0.2) is 73.1 Å². The van der Waals surface area contributed by atoms with E-state index in [1.54, 1.807) is 4.57 Å². The van der Waals surface area contributed by atoms with E-state index in [2.05, 4.69) is 9.97 Å². The van der Waals surface area contributed by atoms with Gasteiger partial charge in [0.1, 0.15) is 17.4 Å². The van der Waals surface area contributed by atoms with Crippen LogP contribution in [-0.4, -0.2) is 24.3 Å². The number of fused-ring (bicyclic) bond motifs is 1. The molecule has 0 unspecified atom stereocenters. The third kappa shape index (κ3) is 3.06. The van der Waals surface area contributed by atoms with Crippen molar-refractivity contribution in [2.75, 3.05) is 0 Å². The molecule has 2 aromatic heterocycles. The Labute approximate surface area is 150 Å². The van der Waals surface area contributed by atoms with Gasteiger partial charge >= 0.3 is 7.60 Å². The molecule has 2 heterocycles. The smallest absolute Gasteiger partial charge is 0.320 e. The Hall–Kier alpha value is -2.79. The number of aromatic nitrogens is 3. The topological polar surface area (TPSA) is 88.2 Å². The average molecular weight is 365 g/mol. The van der Waals surface area contributed by atoms with Crippen LogP contribution in [0.25, 0.3) is 22.3 Å². The molecule has 26 heavy (non-hydrogen) atoms. The second kappa shape index (κ2) is 6.50. The predicted molar refractivity (Wildman–Crippen MR) is 100 cm³/mol. The van der Waals surface area contributed by atoms with Gasteiger partial charge in [0.05, 0.1) is 5.69 Å². The molecule has 0 aliphatic carbocycles. The maximum absolute atomic E-state index is 12.1. The highest BCUT2D eigenvalue weighted by molar-refractivity contribution is 7.60. The van der Waals surface area contributed by atoms with E-state index in [4.69, 9.17) is 0 Å². The minimum Gasteiger partial charge on any atom is -0.320 e. The molecule has 4 rings (SSSR count). The van der Waals surface area contributed by atoms with Gasteiger partial charge in [0.25, 0.3) is 0 Å². The maximum atomic E-state index is 12.1. The lowest BCUT2D eigenvalue weighted by Crippen LogP contribution is -2.18. The van der Waals surface area contributed by atoms with Crippen molar-refractivity contribution in [1.29, 1.82) is 0 Å². The van der Waals surface area contributed by atoms with Gasteiger partial charge in [-0.25, -0.2) is 9.97 Å². The van der Waals surface area contributed by atoms with Gasteiger partial charge in [-0.2, -0.15) is 0 Å². The normalized spacial score (nSPS) is 11.8. The van der Waals surface area contributed by atoms with Gasteiger partial charge in [0, 0.05) is 17.5 Å². The molecule has 0 fully saturated rings. The SMILES string of the molecule is O=P(O)(O)c1cc2c(-c3ccccc3)ncnc2n1Cc1ccccc1. The molecule has 7 heteroatoms. The van der Waals surface area contributed by atoms with Crippen molar-refractivity contribution in [3.63, 3.8) is 0 Å². The zero-order valence-corrected chi connectivity index (χ0v) is 14.6. The molecule has 0 saturated carbocycles. The first-order chi connectivity index (χ1) is 12.5. The van der Waals surface area contributed by atoms with Crippen molar-refractivity contribution in [3.8, 4) is 11.3 Å². The number of benzene rings is 2. The molecule has 0 aliphatic rings. The predicted octanol–water partition coefficient (Wildman–Crippen LogP) is 2.95. The van der Waals surface area contributed by atoms with Crippen molar-refractivity contribution < 1.29 is 14.4 Å². The van der Waals surface area contributed by atoms with E-state index < -0.39 is 7.60 Å². The van der Waals surface area contributed by atoms with Gasteiger partial charge in [-0.3, -0.25) is 4.57 Å². The minimum absolute atomic E-state index is 0.0611. The summed E-state index contributed by atoms with van der Waals surface area (Å²) in [4.78, 5) is 28.4. The third-order valence-electron chi connectivity index (χ3n) is 4.20. The minimum atomic E-state index is -4.48. The molecule has 0 saturated heterocycles. The Morgan fingerprint density at radius 1 is 0.923 bits per heavy atom. The summed E-state index contributed by atoms with van der Waals surface area (Å²) in [6.07, 6.45) is 1.43. The van der Waals surface area contributed by atoms with E-state index in [1.807, 2.05) is 60.7 Å². The summed E-state index contributed by atoms with van der Waals surface area (Å²) in [6.45, 7) is 0.316. The maximum Gasteiger partial charge on any atom is 0.372 e. The first-order valence-electron chi connectivity index (χ1n) is 8.04. The van der Waals surface area contributed by atoms with E-state index in [1.165, 1.54) is 12.4 Å². The van der Waals surface area contributed by atoms with Crippen LogP contribution in [0.2, 0.25) is 0 Å². The van der Waals surface area contributed by atoms with Gasteiger partial charge in [0.15, 0.2) is 0 Å². The van der Waals surface area contributed by atoms with Gasteiger partial charge in [-0.15, -0.1) is 0 Å². The Kier molecular flexibility index (Phi) is 4.17. The van der Waals surface area contributed by atoms with Crippen LogP contribution in [0, 0.1) is 0 Å². The monoisotopic (exact) mass is 365 g/mol. The lowest BCUT2D eigenvalue weighted by Gasteiger charge is -2.11. The van der Waals surface area contributed by atoms with Crippen molar-refractivity contribution in [2.24, 2.45) is 0 Å². The van der Waals surface area contributed by atoms with Crippen molar-refractivity contribution in [3.05, 3.63) is 78.6 Å². The van der Waals surface area contributed by atoms with Crippen LogP contribution in [0.1, 0.15) is 5.56 Å². The summed E-state index contributed by atoms with van der Waals surface area (Å²) in [7, 11) is -4.48. The molecule has 130 valence electrons. The van der Waals surface area contributed by atoms with Gasteiger partial charge in [0.2, 0.25) is 0 Å². The van der Waals surface area contributed by atoms with Crippen LogP contribution in [0.3, 0.4) is 0 Å². The summed E-state index contributed by atoms with van der Waals surface area (Å²) < 4.78 is 13.7. The van der Waals surface area contributed by atoms with Crippen LogP contribution in [0.4, 0.5) is 0 Å². The fourth-order valence-electron chi connectivity index (χ4n) is 3.04. The largest absolute Gasteiger partial charge is 0.372 e. The van der Waals surface area contributed by atoms with Crippen molar-refractivity contribution in [2.45, 2.75) is 6.54 Å². The molecule has 0 atom stereocenters. The van der Waals surface area contributed by atoms with Crippen LogP contribution in [0.5, 0.6) is 0 Å². The molecule has 0 spiro atoms. The standard InChI is InChI=1S/C19H16N3O3P/c23-26(24,25)17-11-16-18(15-9-5-2-6-10-15)20-13-21-19(16)22(17)12-14-7-3-1-4-8-14/h1-11,13H,12H2,(H2,23,24,25). The molecule has 6 nitrogen and oxygen atoms in total. The first-order valence-corrected chi connectivity index (χ1v) is 9.65. The lowest BCUT2D eigenvalue weighted by molar-refractivity contribution is 0.385. The zero-order chi connectivity index (χ0) is 18.1. The molecular weight excluding hydrogens is 349 g/mol. The summed E-state index contributed by atoms with van der Waals surface area (Å²) in [5, 5.41) is 0.618. The van der Waals surface area contributed by atoms with E-state index in [9.17, 15) is 14.4 Å². The Morgan fingerprint density at radius 3 is 2.23 bits per heavy atom. The fraction of sp³-hybridized carbons (Fsp3) is 0.0526. The van der Waals surface area contributed by atoms with Gasteiger partial charge in [-0.1, -0.05) is 60.7 Å². The summed E-state index contributed by atoms with van der Waals surface area (Å²) >= 11 is 0. The van der Waals surface area contributed by atoms with E-state index in [-0.39, 0.29) is 5.44 Å². The number of hydrogen-bond donors (Lipinski definition) is 2. The third-order valence-corrected chi connectivity index (χ3v) is 5.17. The van der Waals surface area contributed by atoms with Gasteiger partial charge < -0.3 is 14.4 Å². The Bertz CT molecular complexity index is 1110. The second-order valence-electron chi connectivity index (χ2n) is 5.94. The molecule has 0 bridgehead atoms. The second-order valence-corrected chi connectivity index (χ2v) is 7.49. The lowest BCUT2D eigenvalue weighted by atomic mass is 10.1. The number of nitrogens with zero attached hydrogens (tertiary/aromatic N) is 3. The van der Waals surface area contributed by atoms with Gasteiger partial charge in [-0.05, 0) is 11.6 Å². The fourth-order valence-corrected chi connectivity index (χ4v) is 3.82. The molecule has 0 aliphatic heterocycles. The number of hydrogen-bond acceptors (Lipinski definition) is 3. The van der Waals surface area contributed by atoms with Crippen molar-refractivity contribution >= 4 is 24.1 Å². The Morgan fingerprint density at radius 2 is 1.58 bits per heavy atom. The summed E-state index contributed by atoms with van der Waals surface area (Å²) in [5.74, 6) is 0. The summed E-state index contributed by atoms with van der Waals surface area (Å²) in [6, 6.07) is 20.5.